The van der Waals surface area contributed by atoms with Crippen LogP contribution in [-0.2, 0) is 0 Å². The molecule has 112 valence electrons. The van der Waals surface area contributed by atoms with E-state index in [0.717, 1.165) is 12.0 Å². The number of anilines is 1. The Balaban J connectivity index is 2.08. The van der Waals surface area contributed by atoms with E-state index in [0.29, 0.717) is 35.1 Å². The van der Waals surface area contributed by atoms with Crippen molar-refractivity contribution < 1.29 is 4.74 Å². The molecule has 1 saturated carbocycles. The van der Waals surface area contributed by atoms with E-state index < -0.39 is 0 Å². The molecule has 0 spiro atoms. The standard InChI is InChI=1S/C15H21N5O/c1-9-7-8-12(10(9)2)20-15(17-18-19-20)14-11(16)5-4-6-13(14)21-3/h4-6,9-10,12H,7-8,16H2,1-3H3. The largest absolute Gasteiger partial charge is 0.496 e. The van der Waals surface area contributed by atoms with Crippen LogP contribution < -0.4 is 10.5 Å². The fraction of sp³-hybridized carbons (Fsp3) is 0.533. The third-order valence-corrected chi connectivity index (χ3v) is 4.73. The van der Waals surface area contributed by atoms with Gasteiger partial charge in [0.05, 0.1) is 18.7 Å². The van der Waals surface area contributed by atoms with Crippen molar-refractivity contribution in [1.82, 2.24) is 20.2 Å². The second kappa shape index (κ2) is 5.35. The van der Waals surface area contributed by atoms with E-state index in [1.165, 1.54) is 6.42 Å². The average molecular weight is 287 g/mol. The highest BCUT2D eigenvalue weighted by atomic mass is 16.5. The van der Waals surface area contributed by atoms with Crippen LogP contribution >= 0.6 is 0 Å². The molecule has 6 nitrogen and oxygen atoms in total. The maximum atomic E-state index is 6.13. The molecular formula is C15H21N5O. The van der Waals surface area contributed by atoms with Crippen molar-refractivity contribution in [3.63, 3.8) is 0 Å². The number of tetrazole rings is 1. The van der Waals surface area contributed by atoms with Crippen LogP contribution in [-0.4, -0.2) is 27.3 Å². The molecule has 2 N–H and O–H groups in total. The first-order valence-electron chi connectivity index (χ1n) is 7.34. The van der Waals surface area contributed by atoms with Gasteiger partial charge in [-0.3, -0.25) is 0 Å². The molecule has 0 aliphatic heterocycles. The first-order valence-corrected chi connectivity index (χ1v) is 7.34. The quantitative estimate of drug-likeness (QED) is 0.878. The van der Waals surface area contributed by atoms with Crippen LogP contribution in [0.5, 0.6) is 5.75 Å². The minimum Gasteiger partial charge on any atom is -0.496 e. The average Bonchev–Trinajstić information content (AvgIpc) is 3.06. The van der Waals surface area contributed by atoms with Gasteiger partial charge in [0.25, 0.3) is 0 Å². The van der Waals surface area contributed by atoms with E-state index in [-0.39, 0.29) is 0 Å². The van der Waals surface area contributed by atoms with Gasteiger partial charge in [0.15, 0.2) is 5.82 Å². The van der Waals surface area contributed by atoms with Crippen molar-refractivity contribution in [2.75, 3.05) is 12.8 Å². The Morgan fingerprint density at radius 1 is 1.29 bits per heavy atom. The molecule has 21 heavy (non-hydrogen) atoms. The molecule has 0 amide bonds. The third kappa shape index (κ3) is 2.24. The molecule has 3 atom stereocenters. The number of nitrogen functional groups attached to an aromatic ring is 1. The topological polar surface area (TPSA) is 78.8 Å². The van der Waals surface area contributed by atoms with Gasteiger partial charge in [0, 0.05) is 5.69 Å². The van der Waals surface area contributed by atoms with Crippen LogP contribution in [0.15, 0.2) is 18.2 Å². The van der Waals surface area contributed by atoms with Crippen molar-refractivity contribution >= 4 is 5.69 Å². The Morgan fingerprint density at radius 3 is 2.76 bits per heavy atom. The lowest BCUT2D eigenvalue weighted by Gasteiger charge is -2.20. The summed E-state index contributed by atoms with van der Waals surface area (Å²) in [5.41, 5.74) is 7.53. The molecule has 0 saturated heterocycles. The van der Waals surface area contributed by atoms with Crippen LogP contribution in [0.25, 0.3) is 11.4 Å². The molecule has 1 aromatic carbocycles. The highest BCUT2D eigenvalue weighted by Crippen LogP contribution is 2.42. The summed E-state index contributed by atoms with van der Waals surface area (Å²) in [4.78, 5) is 0. The molecule has 2 aromatic rings. The maximum Gasteiger partial charge on any atom is 0.188 e. The number of ether oxygens (including phenoxy) is 1. The molecule has 0 bridgehead atoms. The fourth-order valence-electron chi connectivity index (χ4n) is 3.22. The SMILES string of the molecule is COc1cccc(N)c1-c1nnnn1C1CCC(C)C1C. The fourth-order valence-corrected chi connectivity index (χ4v) is 3.22. The number of hydrogen-bond donors (Lipinski definition) is 1. The summed E-state index contributed by atoms with van der Waals surface area (Å²) in [7, 11) is 1.63. The summed E-state index contributed by atoms with van der Waals surface area (Å²) >= 11 is 0. The molecule has 3 unspecified atom stereocenters. The summed E-state index contributed by atoms with van der Waals surface area (Å²) in [6.45, 7) is 4.55. The van der Waals surface area contributed by atoms with Crippen LogP contribution in [0.4, 0.5) is 5.69 Å². The highest BCUT2D eigenvalue weighted by molar-refractivity contribution is 5.77. The van der Waals surface area contributed by atoms with Crippen molar-refractivity contribution in [2.45, 2.75) is 32.7 Å². The maximum absolute atomic E-state index is 6.13. The van der Waals surface area contributed by atoms with E-state index in [1.807, 2.05) is 22.9 Å². The van der Waals surface area contributed by atoms with E-state index in [2.05, 4.69) is 29.4 Å². The molecule has 1 heterocycles. The first kappa shape index (κ1) is 13.9. The monoisotopic (exact) mass is 287 g/mol. The predicted octanol–water partition coefficient (Wildman–Crippen LogP) is 2.54. The lowest BCUT2D eigenvalue weighted by molar-refractivity contribution is 0.328. The third-order valence-electron chi connectivity index (χ3n) is 4.73. The summed E-state index contributed by atoms with van der Waals surface area (Å²) in [5.74, 6) is 2.62. The van der Waals surface area contributed by atoms with Gasteiger partial charge in [-0.25, -0.2) is 4.68 Å². The van der Waals surface area contributed by atoms with Crippen molar-refractivity contribution in [1.29, 1.82) is 0 Å². The minimum atomic E-state index is 0.314. The number of methoxy groups -OCH3 is 1. The van der Waals surface area contributed by atoms with Crippen molar-refractivity contribution in [3.8, 4) is 17.1 Å². The normalized spacial score (nSPS) is 25.2. The zero-order chi connectivity index (χ0) is 15.0. The number of nitrogens with zero attached hydrogens (tertiary/aromatic N) is 4. The zero-order valence-electron chi connectivity index (χ0n) is 12.7. The summed E-state index contributed by atoms with van der Waals surface area (Å²) in [6.07, 6.45) is 2.29. The second-order valence-electron chi connectivity index (χ2n) is 5.85. The number of hydrogen-bond acceptors (Lipinski definition) is 5. The highest BCUT2D eigenvalue weighted by Gasteiger charge is 2.34. The van der Waals surface area contributed by atoms with Crippen molar-refractivity contribution in [2.24, 2.45) is 11.8 Å². The Labute approximate surface area is 124 Å². The van der Waals surface area contributed by atoms with Gasteiger partial charge in [-0.15, -0.1) is 5.10 Å². The smallest absolute Gasteiger partial charge is 0.188 e. The van der Waals surface area contributed by atoms with Gasteiger partial charge < -0.3 is 10.5 Å². The number of nitrogens with two attached hydrogens (primary N) is 1. The molecular weight excluding hydrogens is 266 g/mol. The van der Waals surface area contributed by atoms with Crippen LogP contribution in [0.3, 0.4) is 0 Å². The summed E-state index contributed by atoms with van der Waals surface area (Å²) in [5, 5.41) is 12.3. The first-order chi connectivity index (χ1) is 10.1. The molecule has 6 heteroatoms. The molecule has 1 aromatic heterocycles. The van der Waals surface area contributed by atoms with Crippen LogP contribution in [0.2, 0.25) is 0 Å². The summed E-state index contributed by atoms with van der Waals surface area (Å²) < 4.78 is 7.35. The lowest BCUT2D eigenvalue weighted by atomic mass is 9.97. The number of aromatic nitrogens is 4. The Kier molecular flexibility index (Phi) is 3.53. The summed E-state index contributed by atoms with van der Waals surface area (Å²) in [6, 6.07) is 5.91. The van der Waals surface area contributed by atoms with E-state index >= 15 is 0 Å². The van der Waals surface area contributed by atoms with E-state index in [9.17, 15) is 0 Å². The second-order valence-corrected chi connectivity index (χ2v) is 5.85. The van der Waals surface area contributed by atoms with Gasteiger partial charge in [-0.1, -0.05) is 19.9 Å². The molecule has 1 aliphatic rings. The van der Waals surface area contributed by atoms with Gasteiger partial charge in [-0.05, 0) is 47.2 Å². The van der Waals surface area contributed by atoms with Gasteiger partial charge in [0.1, 0.15) is 5.75 Å². The molecule has 0 radical (unpaired) electrons. The van der Waals surface area contributed by atoms with E-state index in [4.69, 9.17) is 10.5 Å². The lowest BCUT2D eigenvalue weighted by Crippen LogP contribution is -2.17. The Hall–Kier alpha value is -2.11. The van der Waals surface area contributed by atoms with Gasteiger partial charge in [0.2, 0.25) is 0 Å². The molecule has 1 fully saturated rings. The van der Waals surface area contributed by atoms with Crippen LogP contribution in [0, 0.1) is 11.8 Å². The van der Waals surface area contributed by atoms with Crippen LogP contribution in [0.1, 0.15) is 32.7 Å². The molecule has 1 aliphatic carbocycles. The Morgan fingerprint density at radius 2 is 2.10 bits per heavy atom. The van der Waals surface area contributed by atoms with E-state index in [1.54, 1.807) is 7.11 Å². The number of rotatable bonds is 3. The predicted molar refractivity (Wildman–Crippen MR) is 80.8 cm³/mol. The van der Waals surface area contributed by atoms with Gasteiger partial charge in [-0.2, -0.15) is 0 Å². The zero-order valence-corrected chi connectivity index (χ0v) is 12.7. The van der Waals surface area contributed by atoms with Gasteiger partial charge >= 0.3 is 0 Å². The molecule has 3 rings (SSSR count). The Bertz CT molecular complexity index is 639. The van der Waals surface area contributed by atoms with Crippen molar-refractivity contribution in [3.05, 3.63) is 18.2 Å². The minimum absolute atomic E-state index is 0.314. The number of benzene rings is 1.